The number of pyridine rings is 1. The Labute approximate surface area is 143 Å². The van der Waals surface area contributed by atoms with Crippen molar-refractivity contribution in [2.45, 2.75) is 31.7 Å². The molecule has 0 saturated heterocycles. The number of aromatic nitrogens is 2. The molecule has 6 heteroatoms. The van der Waals surface area contributed by atoms with E-state index in [9.17, 15) is 9.59 Å². The van der Waals surface area contributed by atoms with Gasteiger partial charge in [0.15, 0.2) is 5.65 Å². The fourth-order valence-corrected chi connectivity index (χ4v) is 3.48. The van der Waals surface area contributed by atoms with E-state index in [1.54, 1.807) is 36.5 Å². The predicted octanol–water partition coefficient (Wildman–Crippen LogP) is 3.17. The van der Waals surface area contributed by atoms with E-state index in [1.165, 1.54) is 4.40 Å². The van der Waals surface area contributed by atoms with E-state index in [1.807, 2.05) is 0 Å². The largest absolute Gasteiger partial charge is 0.349 e. The highest BCUT2D eigenvalue weighted by atomic mass is 35.5. The van der Waals surface area contributed by atoms with Crippen molar-refractivity contribution in [3.63, 3.8) is 0 Å². The number of nitrogens with one attached hydrogen (secondary N) is 1. The van der Waals surface area contributed by atoms with E-state index < -0.39 is 0 Å². The third kappa shape index (κ3) is 2.55. The van der Waals surface area contributed by atoms with E-state index in [4.69, 9.17) is 11.6 Å². The number of rotatable bonds is 2. The number of carbonyl (C=O) groups excluding carboxylic acids is 1. The number of hydrogen-bond acceptors (Lipinski definition) is 3. The van der Waals surface area contributed by atoms with Crippen molar-refractivity contribution in [3.8, 4) is 0 Å². The van der Waals surface area contributed by atoms with Gasteiger partial charge in [0.2, 0.25) is 0 Å². The van der Waals surface area contributed by atoms with Gasteiger partial charge >= 0.3 is 0 Å². The SMILES string of the molecule is O=C(NC1CCCC1)c1cccn2c(=O)c3cc(Cl)ccc3nc12. The first-order chi connectivity index (χ1) is 11.6. The van der Waals surface area contributed by atoms with Crippen LogP contribution in [0.3, 0.4) is 0 Å². The third-order valence-electron chi connectivity index (χ3n) is 4.54. The molecule has 4 rings (SSSR count). The predicted molar refractivity (Wildman–Crippen MR) is 93.7 cm³/mol. The van der Waals surface area contributed by atoms with Gasteiger partial charge in [-0.15, -0.1) is 0 Å². The summed E-state index contributed by atoms with van der Waals surface area (Å²) in [6, 6.07) is 8.59. The molecule has 1 N–H and O–H groups in total. The summed E-state index contributed by atoms with van der Waals surface area (Å²) in [7, 11) is 0. The zero-order chi connectivity index (χ0) is 16.7. The van der Waals surface area contributed by atoms with Gasteiger partial charge in [0.05, 0.1) is 16.5 Å². The highest BCUT2D eigenvalue weighted by Crippen LogP contribution is 2.20. The van der Waals surface area contributed by atoms with Crippen molar-refractivity contribution in [2.24, 2.45) is 0 Å². The number of halogens is 1. The monoisotopic (exact) mass is 341 g/mol. The summed E-state index contributed by atoms with van der Waals surface area (Å²) in [6.45, 7) is 0. The van der Waals surface area contributed by atoms with E-state index in [-0.39, 0.29) is 17.5 Å². The van der Waals surface area contributed by atoms with E-state index in [2.05, 4.69) is 10.3 Å². The standard InChI is InChI=1S/C18H16ClN3O2/c19-11-7-8-15-14(10-11)18(24)22-9-3-6-13(16(22)21-15)17(23)20-12-4-1-2-5-12/h3,6-10,12H,1-2,4-5H2,(H,20,23). The fourth-order valence-electron chi connectivity index (χ4n) is 3.31. The molecule has 0 bridgehead atoms. The summed E-state index contributed by atoms with van der Waals surface area (Å²) in [5, 5.41) is 3.97. The summed E-state index contributed by atoms with van der Waals surface area (Å²) in [5.41, 5.74) is 1.09. The van der Waals surface area contributed by atoms with Crippen LogP contribution in [0, 0.1) is 0 Å². The van der Waals surface area contributed by atoms with Gasteiger partial charge in [-0.25, -0.2) is 4.98 Å². The number of hydrogen-bond donors (Lipinski definition) is 1. The van der Waals surface area contributed by atoms with E-state index in [0.29, 0.717) is 27.1 Å². The molecule has 0 atom stereocenters. The molecule has 1 amide bonds. The molecule has 5 nitrogen and oxygen atoms in total. The third-order valence-corrected chi connectivity index (χ3v) is 4.77. The minimum atomic E-state index is -0.229. The van der Waals surface area contributed by atoms with Gasteiger partial charge < -0.3 is 5.32 Å². The van der Waals surface area contributed by atoms with Crippen LogP contribution in [0.25, 0.3) is 16.6 Å². The van der Waals surface area contributed by atoms with Crippen molar-refractivity contribution < 1.29 is 4.79 Å². The second kappa shape index (κ2) is 5.91. The van der Waals surface area contributed by atoms with Gasteiger partial charge in [-0.3, -0.25) is 14.0 Å². The van der Waals surface area contributed by atoms with Gasteiger partial charge in [0, 0.05) is 17.3 Å². The molecule has 1 aromatic carbocycles. The first-order valence-corrected chi connectivity index (χ1v) is 8.43. The lowest BCUT2D eigenvalue weighted by Gasteiger charge is -2.13. The molecule has 24 heavy (non-hydrogen) atoms. The van der Waals surface area contributed by atoms with Crippen molar-refractivity contribution >= 4 is 34.1 Å². The molecule has 2 aromatic heterocycles. The molecule has 1 aliphatic carbocycles. The summed E-state index contributed by atoms with van der Waals surface area (Å²) >= 11 is 5.98. The summed E-state index contributed by atoms with van der Waals surface area (Å²) in [4.78, 5) is 29.8. The average Bonchev–Trinajstić information content (AvgIpc) is 3.08. The van der Waals surface area contributed by atoms with Crippen LogP contribution < -0.4 is 10.9 Å². The molecule has 3 aromatic rings. The first kappa shape index (κ1) is 15.1. The van der Waals surface area contributed by atoms with Gasteiger partial charge in [0.1, 0.15) is 0 Å². The Morgan fingerprint density at radius 3 is 2.83 bits per heavy atom. The molecule has 1 fully saturated rings. The molecule has 0 unspecified atom stereocenters. The Kier molecular flexibility index (Phi) is 3.73. The quantitative estimate of drug-likeness (QED) is 0.728. The van der Waals surface area contributed by atoms with Crippen LogP contribution in [0.5, 0.6) is 0 Å². The zero-order valence-corrected chi connectivity index (χ0v) is 13.7. The second-order valence-electron chi connectivity index (χ2n) is 6.15. The van der Waals surface area contributed by atoms with E-state index >= 15 is 0 Å². The fraction of sp³-hybridized carbons (Fsp3) is 0.278. The highest BCUT2D eigenvalue weighted by molar-refractivity contribution is 6.31. The maximum Gasteiger partial charge on any atom is 0.265 e. The van der Waals surface area contributed by atoms with Crippen LogP contribution in [-0.4, -0.2) is 21.3 Å². The topological polar surface area (TPSA) is 63.5 Å². The van der Waals surface area contributed by atoms with Crippen LogP contribution in [0.4, 0.5) is 0 Å². The van der Waals surface area contributed by atoms with Gasteiger partial charge in [0.25, 0.3) is 11.5 Å². The van der Waals surface area contributed by atoms with Gasteiger partial charge in [-0.1, -0.05) is 24.4 Å². The van der Waals surface area contributed by atoms with Crippen LogP contribution >= 0.6 is 11.6 Å². The average molecular weight is 342 g/mol. The Morgan fingerprint density at radius 1 is 1.25 bits per heavy atom. The van der Waals surface area contributed by atoms with Crippen LogP contribution in [0.2, 0.25) is 5.02 Å². The molecule has 0 aliphatic heterocycles. The lowest BCUT2D eigenvalue weighted by atomic mass is 10.2. The van der Waals surface area contributed by atoms with Gasteiger partial charge in [-0.05, 0) is 43.2 Å². The highest BCUT2D eigenvalue weighted by Gasteiger charge is 2.20. The van der Waals surface area contributed by atoms with Crippen LogP contribution in [-0.2, 0) is 0 Å². The Bertz CT molecular complexity index is 1010. The molecule has 1 saturated carbocycles. The van der Waals surface area contributed by atoms with E-state index in [0.717, 1.165) is 25.7 Å². The van der Waals surface area contributed by atoms with Gasteiger partial charge in [-0.2, -0.15) is 0 Å². The van der Waals surface area contributed by atoms with Crippen molar-refractivity contribution in [3.05, 3.63) is 57.5 Å². The Balaban J connectivity index is 1.87. The molecule has 1 aliphatic rings. The van der Waals surface area contributed by atoms with Crippen molar-refractivity contribution in [1.29, 1.82) is 0 Å². The molecular formula is C18H16ClN3O2. The summed E-state index contributed by atoms with van der Waals surface area (Å²) < 4.78 is 1.40. The number of fused-ring (bicyclic) bond motifs is 2. The minimum Gasteiger partial charge on any atom is -0.349 e. The number of benzene rings is 1. The Morgan fingerprint density at radius 2 is 2.04 bits per heavy atom. The van der Waals surface area contributed by atoms with Crippen molar-refractivity contribution in [2.75, 3.05) is 0 Å². The number of nitrogens with zero attached hydrogens (tertiary/aromatic N) is 2. The second-order valence-corrected chi connectivity index (χ2v) is 6.59. The number of carbonyl (C=O) groups is 1. The van der Waals surface area contributed by atoms with Crippen molar-refractivity contribution in [1.82, 2.24) is 14.7 Å². The summed E-state index contributed by atoms with van der Waals surface area (Å²) in [6.07, 6.45) is 5.92. The molecule has 0 spiro atoms. The maximum absolute atomic E-state index is 12.7. The Hall–Kier alpha value is -2.40. The molecular weight excluding hydrogens is 326 g/mol. The first-order valence-electron chi connectivity index (χ1n) is 8.05. The smallest absolute Gasteiger partial charge is 0.265 e. The maximum atomic E-state index is 12.7. The molecule has 0 radical (unpaired) electrons. The lowest BCUT2D eigenvalue weighted by Crippen LogP contribution is -2.33. The summed E-state index contributed by atoms with van der Waals surface area (Å²) in [5.74, 6) is -0.180. The number of amides is 1. The lowest BCUT2D eigenvalue weighted by molar-refractivity contribution is 0.0939. The minimum absolute atomic E-state index is 0.180. The normalized spacial score (nSPS) is 15.2. The van der Waals surface area contributed by atoms with Crippen LogP contribution in [0.1, 0.15) is 36.0 Å². The molecule has 2 heterocycles. The molecule has 122 valence electrons. The zero-order valence-electron chi connectivity index (χ0n) is 13.0. The van der Waals surface area contributed by atoms with Crippen LogP contribution in [0.15, 0.2) is 41.3 Å².